The molecule has 11 nitrogen and oxygen atoms in total. The van der Waals surface area contributed by atoms with Crippen LogP contribution in [-0.2, 0) is 23.8 Å². The summed E-state index contributed by atoms with van der Waals surface area (Å²) < 4.78 is 17.7. The Bertz CT molecular complexity index is 1690. The van der Waals surface area contributed by atoms with E-state index in [0.29, 0.717) is 19.3 Å². The highest BCUT2D eigenvalue weighted by molar-refractivity contribution is 5.80. The second kappa shape index (κ2) is 63.3. The third-order valence-electron chi connectivity index (χ3n) is 17.1. The Morgan fingerprint density at radius 2 is 0.793 bits per heavy atom. The van der Waals surface area contributed by atoms with Crippen LogP contribution in [0.15, 0.2) is 72.9 Å². The predicted molar refractivity (Wildman–Crippen MR) is 366 cm³/mol. The summed E-state index contributed by atoms with van der Waals surface area (Å²) >= 11 is 0. The third-order valence-corrected chi connectivity index (χ3v) is 17.1. The number of rotatable bonds is 63. The first-order valence-corrected chi connectivity index (χ1v) is 36.7. The topological polar surface area (TPSA) is 175 Å². The first-order valence-electron chi connectivity index (χ1n) is 36.7. The lowest BCUT2D eigenvalue weighted by Gasteiger charge is -2.41. The van der Waals surface area contributed by atoms with Gasteiger partial charge in [0.05, 0.1) is 25.4 Å². The summed E-state index contributed by atoms with van der Waals surface area (Å²) in [6.45, 7) is 5.77. The Kier molecular flexibility index (Phi) is 59.7. The lowest BCUT2D eigenvalue weighted by Crippen LogP contribution is -2.61. The van der Waals surface area contributed by atoms with Crippen LogP contribution in [0, 0.1) is 0 Å². The van der Waals surface area contributed by atoms with Gasteiger partial charge >= 0.3 is 5.97 Å². The zero-order valence-electron chi connectivity index (χ0n) is 56.4. The quantitative estimate of drug-likeness (QED) is 0.0195. The highest BCUT2D eigenvalue weighted by Gasteiger charge is 2.47. The van der Waals surface area contributed by atoms with Crippen molar-refractivity contribution in [2.24, 2.45) is 0 Å². The molecule has 0 aromatic carbocycles. The molecule has 1 saturated heterocycles. The van der Waals surface area contributed by atoms with Crippen molar-refractivity contribution in [2.45, 2.75) is 384 Å². The standard InChI is InChI=1S/C76H137NO10/c1-4-7-10-13-16-19-22-24-26-28-30-32-34-36-37-39-41-43-45-48-51-54-57-60-63-69(80)75(84)77-67(68(79)62-59-56-53-50-47-21-18-15-12-9-6-3)66-85-76-74(73(83)72(82)70(65-78)86-76)87-71(81)64-61-58-55-52-49-46-44-42-40-38-35-33-31-29-27-25-23-20-17-14-11-8-5-2/h16-17,19-20,24-27,31,33,59,62,67-70,72-74,76,78-80,82-83H,4-15,18,21-23,28-30,32,34-58,60-61,63-66H2,1-3H3,(H,77,84)/b19-16-,20-17-,26-24-,27-25-,33-31-,62-59+. The number of esters is 1. The number of unbranched alkanes of at least 4 members (excludes halogenated alkanes) is 39. The van der Waals surface area contributed by atoms with E-state index in [1.807, 2.05) is 6.08 Å². The molecule has 1 rings (SSSR count). The Labute approximate surface area is 534 Å². The number of ether oxygens (including phenoxy) is 3. The summed E-state index contributed by atoms with van der Waals surface area (Å²) in [5.74, 6) is -1.19. The van der Waals surface area contributed by atoms with Crippen molar-refractivity contribution < 1.29 is 49.3 Å². The Morgan fingerprint density at radius 1 is 0.448 bits per heavy atom. The highest BCUT2D eigenvalue weighted by Crippen LogP contribution is 2.26. The van der Waals surface area contributed by atoms with Crippen LogP contribution < -0.4 is 5.32 Å². The van der Waals surface area contributed by atoms with Gasteiger partial charge in [0.25, 0.3) is 0 Å². The molecule has 8 unspecified atom stereocenters. The van der Waals surface area contributed by atoms with E-state index in [1.54, 1.807) is 6.08 Å². The van der Waals surface area contributed by atoms with E-state index in [1.165, 1.54) is 205 Å². The maximum Gasteiger partial charge on any atom is 0.306 e. The molecule has 6 N–H and O–H groups in total. The van der Waals surface area contributed by atoms with Gasteiger partial charge in [0.2, 0.25) is 5.91 Å². The molecule has 0 radical (unpaired) electrons. The second-order valence-electron chi connectivity index (χ2n) is 25.3. The molecule has 11 heteroatoms. The Balaban J connectivity index is 2.53. The zero-order valence-corrected chi connectivity index (χ0v) is 56.4. The monoisotopic (exact) mass is 1220 g/mol. The molecule has 87 heavy (non-hydrogen) atoms. The van der Waals surface area contributed by atoms with Crippen LogP contribution in [0.3, 0.4) is 0 Å². The molecule has 1 heterocycles. The third kappa shape index (κ3) is 50.4. The van der Waals surface area contributed by atoms with Gasteiger partial charge in [0, 0.05) is 6.42 Å². The minimum absolute atomic E-state index is 0.118. The van der Waals surface area contributed by atoms with Crippen LogP contribution in [0.4, 0.5) is 0 Å². The first-order chi connectivity index (χ1) is 42.7. The molecular formula is C76H137NO10. The summed E-state index contributed by atoms with van der Waals surface area (Å²) in [6, 6.07) is -1.03. The van der Waals surface area contributed by atoms with E-state index in [9.17, 15) is 35.1 Å². The fraction of sp³-hybridized carbons (Fsp3) is 0.816. The van der Waals surface area contributed by atoms with Crippen LogP contribution >= 0.6 is 0 Å². The summed E-state index contributed by atoms with van der Waals surface area (Å²) in [6.07, 6.45) is 72.3. The average Bonchev–Trinajstić information content (AvgIpc) is 2.93. The number of allylic oxidation sites excluding steroid dienone is 11. The van der Waals surface area contributed by atoms with E-state index in [-0.39, 0.29) is 13.0 Å². The molecule has 1 amide bonds. The lowest BCUT2D eigenvalue weighted by atomic mass is 9.99. The Morgan fingerprint density at radius 3 is 1.21 bits per heavy atom. The minimum Gasteiger partial charge on any atom is -0.454 e. The maximum absolute atomic E-state index is 13.5. The van der Waals surface area contributed by atoms with Gasteiger partial charge in [-0.15, -0.1) is 0 Å². The summed E-state index contributed by atoms with van der Waals surface area (Å²) in [5, 5.41) is 57.3. The largest absolute Gasteiger partial charge is 0.454 e. The van der Waals surface area contributed by atoms with E-state index in [0.717, 1.165) is 83.5 Å². The van der Waals surface area contributed by atoms with Crippen LogP contribution in [-0.4, -0.2) is 99.6 Å². The van der Waals surface area contributed by atoms with E-state index in [4.69, 9.17) is 14.2 Å². The van der Waals surface area contributed by atoms with E-state index < -0.39 is 67.4 Å². The molecule has 1 aliphatic rings. The summed E-state index contributed by atoms with van der Waals surface area (Å²) in [4.78, 5) is 26.7. The number of aliphatic hydroxyl groups is 5. The number of hydrogen-bond donors (Lipinski definition) is 6. The van der Waals surface area contributed by atoms with Crippen LogP contribution in [0.1, 0.15) is 335 Å². The van der Waals surface area contributed by atoms with Gasteiger partial charge in [0.1, 0.15) is 24.4 Å². The number of amides is 1. The lowest BCUT2D eigenvalue weighted by molar-refractivity contribution is -0.305. The molecule has 0 aromatic heterocycles. The normalized spacial score (nSPS) is 18.6. The molecule has 1 fully saturated rings. The molecule has 506 valence electrons. The van der Waals surface area contributed by atoms with Crippen LogP contribution in [0.5, 0.6) is 0 Å². The average molecular weight is 1220 g/mol. The zero-order chi connectivity index (χ0) is 63.1. The van der Waals surface area contributed by atoms with E-state index in [2.05, 4.69) is 86.8 Å². The number of nitrogens with one attached hydrogen (secondary N) is 1. The SMILES string of the molecule is CCCCC/C=C\C/C=C\C/C=C\CCCCCCCCCCCCC(=O)OC1C(OCC(NC(=O)C(O)CCCCCCCCCCCCCCCC/C=C\C/C=C\CCCCC)C(O)/C=C/CCCCCCCCCCC)OC(CO)C(O)C1O. The van der Waals surface area contributed by atoms with Crippen molar-refractivity contribution in [3.8, 4) is 0 Å². The molecule has 0 aromatic rings. The molecule has 0 bridgehead atoms. The minimum atomic E-state index is -1.62. The smallest absolute Gasteiger partial charge is 0.306 e. The predicted octanol–water partition coefficient (Wildman–Crippen LogP) is 19.1. The molecule has 0 aliphatic carbocycles. The number of hydrogen-bond acceptors (Lipinski definition) is 10. The van der Waals surface area contributed by atoms with Gasteiger partial charge < -0.3 is 45.1 Å². The van der Waals surface area contributed by atoms with Gasteiger partial charge in [-0.25, -0.2) is 0 Å². The van der Waals surface area contributed by atoms with Crippen molar-refractivity contribution in [3.63, 3.8) is 0 Å². The van der Waals surface area contributed by atoms with Crippen LogP contribution in [0.25, 0.3) is 0 Å². The van der Waals surface area contributed by atoms with Crippen molar-refractivity contribution in [1.82, 2.24) is 5.32 Å². The number of carbonyl (C=O) groups excluding carboxylic acids is 2. The van der Waals surface area contributed by atoms with Crippen molar-refractivity contribution in [3.05, 3.63) is 72.9 Å². The van der Waals surface area contributed by atoms with Gasteiger partial charge in [-0.05, 0) is 96.3 Å². The number of aliphatic hydroxyl groups excluding tert-OH is 5. The van der Waals surface area contributed by atoms with Crippen LogP contribution in [0.2, 0.25) is 0 Å². The molecule has 0 spiro atoms. The molecule has 0 saturated carbocycles. The second-order valence-corrected chi connectivity index (χ2v) is 25.3. The van der Waals surface area contributed by atoms with Crippen molar-refractivity contribution >= 4 is 11.9 Å². The van der Waals surface area contributed by atoms with Gasteiger partial charge in [-0.1, -0.05) is 306 Å². The van der Waals surface area contributed by atoms with Gasteiger partial charge in [0.15, 0.2) is 12.4 Å². The number of carbonyl (C=O) groups is 2. The molecular weight excluding hydrogens is 1090 g/mol. The highest BCUT2D eigenvalue weighted by atomic mass is 16.7. The molecule has 8 atom stereocenters. The van der Waals surface area contributed by atoms with Gasteiger partial charge in [-0.3, -0.25) is 9.59 Å². The van der Waals surface area contributed by atoms with Crippen molar-refractivity contribution in [1.29, 1.82) is 0 Å². The Hall–Kier alpha value is -2.90. The maximum atomic E-state index is 13.5. The summed E-state index contributed by atoms with van der Waals surface area (Å²) in [5.41, 5.74) is 0. The van der Waals surface area contributed by atoms with Gasteiger partial charge in [-0.2, -0.15) is 0 Å². The first kappa shape index (κ1) is 82.1. The van der Waals surface area contributed by atoms with E-state index >= 15 is 0 Å². The van der Waals surface area contributed by atoms with Crippen molar-refractivity contribution in [2.75, 3.05) is 13.2 Å². The fourth-order valence-corrected chi connectivity index (χ4v) is 11.3. The summed E-state index contributed by atoms with van der Waals surface area (Å²) in [7, 11) is 0. The fourth-order valence-electron chi connectivity index (χ4n) is 11.3. The molecule has 1 aliphatic heterocycles.